The fourth-order valence-electron chi connectivity index (χ4n) is 1.38. The average molecular weight is 275 g/mol. The van der Waals surface area contributed by atoms with Crippen molar-refractivity contribution in [3.8, 4) is 6.07 Å². The molecule has 0 amide bonds. The molecule has 96 valence electrons. The van der Waals surface area contributed by atoms with Crippen LogP contribution in [0, 0.1) is 11.3 Å². The number of hydrazone groups is 1. The Labute approximate surface area is 115 Å². The predicted octanol–water partition coefficient (Wildman–Crippen LogP) is 3.21. The Morgan fingerprint density at radius 2 is 2.21 bits per heavy atom. The Hall–Kier alpha value is -2.32. The first-order chi connectivity index (χ1) is 9.22. The van der Waals surface area contributed by atoms with Gasteiger partial charge in [-0.3, -0.25) is 0 Å². The molecular formula is C13H11ClN4O. The minimum atomic E-state index is 0.199. The number of nitrogens with one attached hydrogen (secondary N) is 1. The zero-order valence-electron chi connectivity index (χ0n) is 10.2. The number of anilines is 1. The molecule has 0 bridgehead atoms. The first kappa shape index (κ1) is 13.1. The highest BCUT2D eigenvalue weighted by atomic mass is 35.5. The highest BCUT2D eigenvalue weighted by Crippen LogP contribution is 2.16. The quantitative estimate of drug-likeness (QED) is 0.686. The summed E-state index contributed by atoms with van der Waals surface area (Å²) in [5, 5.41) is 13.6. The summed E-state index contributed by atoms with van der Waals surface area (Å²) in [4.78, 5) is 4.00. The summed E-state index contributed by atoms with van der Waals surface area (Å²) in [6.07, 6.45) is 2.23. The van der Waals surface area contributed by atoms with Crippen molar-refractivity contribution in [1.29, 1.82) is 5.26 Å². The molecule has 1 N–H and O–H groups in total. The Morgan fingerprint density at radius 1 is 1.47 bits per heavy atom. The van der Waals surface area contributed by atoms with E-state index >= 15 is 0 Å². The van der Waals surface area contributed by atoms with Crippen LogP contribution in [-0.4, -0.2) is 11.2 Å². The standard InChI is InChI=1S/C13H11ClN4O/c1-2-12-17-11(7-15)13(19-12)18-16-8-9-3-5-10(14)6-4-9/h3-6,8,18H,2H2,1H3/b16-8-. The lowest BCUT2D eigenvalue weighted by molar-refractivity contribution is 0.513. The second kappa shape index (κ2) is 6.03. The van der Waals surface area contributed by atoms with E-state index in [4.69, 9.17) is 21.3 Å². The van der Waals surface area contributed by atoms with Gasteiger partial charge in [-0.15, -0.1) is 0 Å². The maximum absolute atomic E-state index is 8.90. The van der Waals surface area contributed by atoms with Crippen molar-refractivity contribution in [2.24, 2.45) is 5.10 Å². The van der Waals surface area contributed by atoms with Crippen LogP contribution < -0.4 is 5.43 Å². The molecule has 0 spiro atoms. The molecule has 1 aromatic carbocycles. The Morgan fingerprint density at radius 3 is 2.84 bits per heavy atom. The topological polar surface area (TPSA) is 74.2 Å². The minimum Gasteiger partial charge on any atom is -0.422 e. The van der Waals surface area contributed by atoms with E-state index in [0.717, 1.165) is 5.56 Å². The number of benzene rings is 1. The van der Waals surface area contributed by atoms with Gasteiger partial charge in [0.15, 0.2) is 5.89 Å². The number of halogens is 1. The van der Waals surface area contributed by atoms with Gasteiger partial charge in [-0.2, -0.15) is 10.4 Å². The average Bonchev–Trinajstić information content (AvgIpc) is 2.83. The fraction of sp³-hybridized carbons (Fsp3) is 0.154. The van der Waals surface area contributed by atoms with Crippen LogP contribution in [0.2, 0.25) is 5.02 Å². The SMILES string of the molecule is CCc1nc(C#N)c(N/N=C\c2ccc(Cl)cc2)o1. The van der Waals surface area contributed by atoms with Crippen molar-refractivity contribution in [3.05, 3.63) is 46.4 Å². The molecule has 2 rings (SSSR count). The van der Waals surface area contributed by atoms with Gasteiger partial charge in [-0.25, -0.2) is 10.4 Å². The van der Waals surface area contributed by atoms with Gasteiger partial charge >= 0.3 is 0 Å². The molecule has 0 unspecified atom stereocenters. The molecule has 6 heteroatoms. The van der Waals surface area contributed by atoms with E-state index in [1.54, 1.807) is 18.3 Å². The minimum absolute atomic E-state index is 0.199. The first-order valence-corrected chi connectivity index (χ1v) is 6.05. The molecule has 0 aliphatic rings. The molecule has 0 radical (unpaired) electrons. The van der Waals surface area contributed by atoms with Gasteiger partial charge in [-0.05, 0) is 17.7 Å². The number of hydrogen-bond donors (Lipinski definition) is 1. The monoisotopic (exact) mass is 274 g/mol. The summed E-state index contributed by atoms with van der Waals surface area (Å²) in [7, 11) is 0. The number of oxazole rings is 1. The third-order valence-electron chi connectivity index (χ3n) is 2.33. The number of rotatable bonds is 4. The normalized spacial score (nSPS) is 10.6. The van der Waals surface area contributed by atoms with Gasteiger partial charge in [0.25, 0.3) is 5.88 Å². The first-order valence-electron chi connectivity index (χ1n) is 5.67. The van der Waals surface area contributed by atoms with Gasteiger partial charge in [0.1, 0.15) is 6.07 Å². The van der Waals surface area contributed by atoms with Crippen LogP contribution in [0.3, 0.4) is 0 Å². The summed E-state index contributed by atoms with van der Waals surface area (Å²) in [5.74, 6) is 0.755. The van der Waals surface area contributed by atoms with Crippen LogP contribution >= 0.6 is 11.6 Å². The molecule has 0 aliphatic carbocycles. The summed E-state index contributed by atoms with van der Waals surface area (Å²) in [6.45, 7) is 1.90. The van der Waals surface area contributed by atoms with Crippen molar-refractivity contribution in [2.45, 2.75) is 13.3 Å². The zero-order valence-corrected chi connectivity index (χ0v) is 11.0. The van der Waals surface area contributed by atoms with E-state index in [-0.39, 0.29) is 11.6 Å². The Balaban J connectivity index is 2.08. The molecule has 0 saturated heterocycles. The van der Waals surface area contributed by atoms with E-state index < -0.39 is 0 Å². The number of aryl methyl sites for hydroxylation is 1. The fourth-order valence-corrected chi connectivity index (χ4v) is 1.51. The van der Waals surface area contributed by atoms with Crippen molar-refractivity contribution >= 4 is 23.7 Å². The second-order valence-electron chi connectivity index (χ2n) is 3.67. The third-order valence-corrected chi connectivity index (χ3v) is 2.58. The van der Waals surface area contributed by atoms with Crippen LogP contribution in [0.25, 0.3) is 0 Å². The maximum Gasteiger partial charge on any atom is 0.252 e. The number of nitrogens with zero attached hydrogens (tertiary/aromatic N) is 3. The second-order valence-corrected chi connectivity index (χ2v) is 4.11. The highest BCUT2D eigenvalue weighted by molar-refractivity contribution is 6.30. The van der Waals surface area contributed by atoms with Gasteiger partial charge in [-0.1, -0.05) is 30.7 Å². The van der Waals surface area contributed by atoms with Crippen molar-refractivity contribution < 1.29 is 4.42 Å². The van der Waals surface area contributed by atoms with Crippen LogP contribution in [-0.2, 0) is 6.42 Å². The van der Waals surface area contributed by atoms with Crippen LogP contribution in [0.4, 0.5) is 5.88 Å². The van der Waals surface area contributed by atoms with E-state index in [9.17, 15) is 0 Å². The molecule has 1 heterocycles. The van der Waals surface area contributed by atoms with E-state index in [1.165, 1.54) is 0 Å². The smallest absolute Gasteiger partial charge is 0.252 e. The molecule has 19 heavy (non-hydrogen) atoms. The van der Waals surface area contributed by atoms with Gasteiger partial charge in [0, 0.05) is 11.4 Å². The number of nitriles is 1. The van der Waals surface area contributed by atoms with Crippen molar-refractivity contribution in [2.75, 3.05) is 5.43 Å². The summed E-state index contributed by atoms with van der Waals surface area (Å²) >= 11 is 5.78. The lowest BCUT2D eigenvalue weighted by Crippen LogP contribution is -1.91. The molecule has 0 fully saturated rings. The van der Waals surface area contributed by atoms with Gasteiger partial charge in [0.2, 0.25) is 5.69 Å². The van der Waals surface area contributed by atoms with Crippen LogP contribution in [0.1, 0.15) is 24.1 Å². The van der Waals surface area contributed by atoms with Gasteiger partial charge in [0.05, 0.1) is 6.21 Å². The number of hydrogen-bond acceptors (Lipinski definition) is 5. The molecule has 5 nitrogen and oxygen atoms in total. The Bertz CT molecular complexity index is 625. The molecule has 0 saturated carbocycles. The zero-order chi connectivity index (χ0) is 13.7. The predicted molar refractivity (Wildman–Crippen MR) is 73.3 cm³/mol. The molecule has 1 aromatic heterocycles. The summed E-state index contributed by atoms with van der Waals surface area (Å²) in [6, 6.07) is 9.15. The van der Waals surface area contributed by atoms with Crippen LogP contribution in [0.15, 0.2) is 33.8 Å². The van der Waals surface area contributed by atoms with Gasteiger partial charge < -0.3 is 4.42 Å². The van der Waals surface area contributed by atoms with Crippen LogP contribution in [0.5, 0.6) is 0 Å². The summed E-state index contributed by atoms with van der Waals surface area (Å²) in [5.41, 5.74) is 3.75. The molecule has 2 aromatic rings. The lowest BCUT2D eigenvalue weighted by Gasteiger charge is -1.95. The maximum atomic E-state index is 8.90. The van der Waals surface area contributed by atoms with Crippen molar-refractivity contribution in [3.63, 3.8) is 0 Å². The largest absolute Gasteiger partial charge is 0.422 e. The molecule has 0 atom stereocenters. The van der Waals surface area contributed by atoms with E-state index in [1.807, 2.05) is 25.1 Å². The van der Waals surface area contributed by atoms with Crippen molar-refractivity contribution in [1.82, 2.24) is 4.98 Å². The highest BCUT2D eigenvalue weighted by Gasteiger charge is 2.10. The summed E-state index contributed by atoms with van der Waals surface area (Å²) < 4.78 is 5.33. The van der Waals surface area contributed by atoms with E-state index in [0.29, 0.717) is 17.3 Å². The Kier molecular flexibility index (Phi) is 4.16. The number of aromatic nitrogens is 1. The van der Waals surface area contributed by atoms with E-state index in [2.05, 4.69) is 15.5 Å². The molecular weight excluding hydrogens is 264 g/mol. The lowest BCUT2D eigenvalue weighted by atomic mass is 10.2. The molecule has 0 aliphatic heterocycles. The third kappa shape index (κ3) is 3.33.